The van der Waals surface area contributed by atoms with Crippen molar-refractivity contribution in [2.75, 3.05) is 38.2 Å². The van der Waals surface area contributed by atoms with Gasteiger partial charge >= 0.3 is 5.97 Å². The van der Waals surface area contributed by atoms with E-state index >= 15 is 0 Å². The van der Waals surface area contributed by atoms with E-state index in [-0.39, 0.29) is 17.8 Å². The molecule has 0 bridgehead atoms. The Morgan fingerprint density at radius 1 is 1.22 bits per heavy atom. The molecule has 0 aromatic heterocycles. The lowest BCUT2D eigenvalue weighted by Crippen LogP contribution is -2.44. The number of ether oxygens (including phenoxy) is 1. The number of hydrogen-bond donors (Lipinski definition) is 0. The van der Waals surface area contributed by atoms with Gasteiger partial charge in [0, 0.05) is 31.9 Å². The average Bonchev–Trinajstić information content (AvgIpc) is 2.82. The molecule has 1 saturated heterocycles. The van der Waals surface area contributed by atoms with Crippen LogP contribution in [0.5, 0.6) is 0 Å². The van der Waals surface area contributed by atoms with Crippen molar-refractivity contribution in [1.29, 1.82) is 0 Å². The molecule has 4 nitrogen and oxygen atoms in total. The fourth-order valence-corrected chi connectivity index (χ4v) is 3.14. The summed E-state index contributed by atoms with van der Waals surface area (Å²) in [7, 11) is 1.46. The van der Waals surface area contributed by atoms with Gasteiger partial charge in [-0.1, -0.05) is 19.8 Å². The molecule has 1 fully saturated rings. The molecular formula is C18H27FN2O2. The van der Waals surface area contributed by atoms with Gasteiger partial charge in [-0.3, -0.25) is 9.69 Å². The Kier molecular flexibility index (Phi) is 6.84. The number of unbranched alkanes of at least 4 members (excludes halogenated alkanes) is 1. The normalized spacial score (nSPS) is 17.6. The lowest BCUT2D eigenvalue weighted by Gasteiger charge is -2.29. The van der Waals surface area contributed by atoms with E-state index in [1.54, 1.807) is 0 Å². The van der Waals surface area contributed by atoms with Gasteiger partial charge in [-0.25, -0.2) is 4.39 Å². The molecule has 1 heterocycles. The number of esters is 1. The highest BCUT2D eigenvalue weighted by Gasteiger charge is 2.28. The highest BCUT2D eigenvalue weighted by atomic mass is 19.1. The number of rotatable bonds is 6. The summed E-state index contributed by atoms with van der Waals surface area (Å²) in [5.41, 5.74) is 1.04. The summed E-state index contributed by atoms with van der Waals surface area (Å²) in [5, 5.41) is 0. The molecule has 1 aliphatic heterocycles. The summed E-state index contributed by atoms with van der Waals surface area (Å²) in [5.74, 6) is -0.343. The first-order valence-corrected chi connectivity index (χ1v) is 8.48. The second-order valence-corrected chi connectivity index (χ2v) is 6.03. The fraction of sp³-hybridized carbons (Fsp3) is 0.611. The minimum absolute atomic E-state index is 0.131. The van der Waals surface area contributed by atoms with Crippen LogP contribution in [-0.2, 0) is 9.53 Å². The molecule has 2 rings (SSSR count). The van der Waals surface area contributed by atoms with Gasteiger partial charge in [0.1, 0.15) is 11.9 Å². The fourth-order valence-electron chi connectivity index (χ4n) is 3.14. The number of benzene rings is 1. The minimum Gasteiger partial charge on any atom is -0.468 e. The zero-order chi connectivity index (χ0) is 16.7. The SMILES string of the molecule is CCCCC(C(=O)OC)N1CCCN(c2ccc(F)cc2)CC1. The van der Waals surface area contributed by atoms with Crippen molar-refractivity contribution in [3.63, 3.8) is 0 Å². The van der Waals surface area contributed by atoms with Gasteiger partial charge in [-0.05, 0) is 37.1 Å². The summed E-state index contributed by atoms with van der Waals surface area (Å²) < 4.78 is 18.1. The van der Waals surface area contributed by atoms with Crippen molar-refractivity contribution in [3.8, 4) is 0 Å². The van der Waals surface area contributed by atoms with Crippen LogP contribution in [0.1, 0.15) is 32.6 Å². The Bertz CT molecular complexity index is 492. The van der Waals surface area contributed by atoms with E-state index in [0.717, 1.165) is 57.5 Å². The standard InChI is InChI=1S/C18H27FN2O2/c1-3-4-6-17(18(22)23-2)21-12-5-11-20(13-14-21)16-9-7-15(19)8-10-16/h7-10,17H,3-6,11-14H2,1-2H3. The van der Waals surface area contributed by atoms with Crippen LogP contribution in [0.2, 0.25) is 0 Å². The average molecular weight is 322 g/mol. The summed E-state index contributed by atoms with van der Waals surface area (Å²) in [4.78, 5) is 16.6. The van der Waals surface area contributed by atoms with Crippen molar-refractivity contribution in [3.05, 3.63) is 30.1 Å². The Morgan fingerprint density at radius 2 is 1.96 bits per heavy atom. The van der Waals surface area contributed by atoms with Crippen LogP contribution in [0.3, 0.4) is 0 Å². The Morgan fingerprint density at radius 3 is 2.61 bits per heavy atom. The first kappa shape index (κ1) is 17.7. The van der Waals surface area contributed by atoms with Crippen molar-refractivity contribution in [2.24, 2.45) is 0 Å². The lowest BCUT2D eigenvalue weighted by molar-refractivity contribution is -0.147. The predicted molar refractivity (Wildman–Crippen MR) is 90.1 cm³/mol. The van der Waals surface area contributed by atoms with Gasteiger partial charge < -0.3 is 9.64 Å². The predicted octanol–water partition coefficient (Wildman–Crippen LogP) is 3.07. The maximum absolute atomic E-state index is 13.1. The van der Waals surface area contributed by atoms with Gasteiger partial charge in [0.25, 0.3) is 0 Å². The zero-order valence-corrected chi connectivity index (χ0v) is 14.1. The number of halogens is 1. The van der Waals surface area contributed by atoms with Crippen LogP contribution >= 0.6 is 0 Å². The Labute approximate surface area is 138 Å². The van der Waals surface area contributed by atoms with E-state index in [1.165, 1.54) is 19.2 Å². The van der Waals surface area contributed by atoms with Gasteiger partial charge in [0.15, 0.2) is 0 Å². The first-order chi connectivity index (χ1) is 11.2. The van der Waals surface area contributed by atoms with Crippen molar-refractivity contribution in [2.45, 2.75) is 38.6 Å². The maximum Gasteiger partial charge on any atom is 0.323 e. The summed E-state index contributed by atoms with van der Waals surface area (Å²) in [6.45, 7) is 5.60. The zero-order valence-electron chi connectivity index (χ0n) is 14.1. The van der Waals surface area contributed by atoms with E-state index in [0.29, 0.717) is 0 Å². The molecular weight excluding hydrogens is 295 g/mol. The molecule has 0 aliphatic carbocycles. The Balaban J connectivity index is 2.00. The molecule has 0 N–H and O–H groups in total. The summed E-state index contributed by atoms with van der Waals surface area (Å²) >= 11 is 0. The molecule has 23 heavy (non-hydrogen) atoms. The highest BCUT2D eigenvalue weighted by molar-refractivity contribution is 5.75. The topological polar surface area (TPSA) is 32.8 Å². The van der Waals surface area contributed by atoms with E-state index < -0.39 is 0 Å². The molecule has 0 spiro atoms. The lowest BCUT2D eigenvalue weighted by atomic mass is 10.1. The third-order valence-corrected chi connectivity index (χ3v) is 4.47. The largest absolute Gasteiger partial charge is 0.468 e. The van der Waals surface area contributed by atoms with Gasteiger partial charge in [-0.15, -0.1) is 0 Å². The molecule has 5 heteroatoms. The Hall–Kier alpha value is -1.62. The quantitative estimate of drug-likeness (QED) is 0.754. The van der Waals surface area contributed by atoms with Gasteiger partial charge in [0.05, 0.1) is 7.11 Å². The smallest absolute Gasteiger partial charge is 0.323 e. The second kappa shape index (κ2) is 8.87. The first-order valence-electron chi connectivity index (χ1n) is 8.48. The number of hydrogen-bond acceptors (Lipinski definition) is 4. The number of nitrogens with zero attached hydrogens (tertiary/aromatic N) is 2. The van der Waals surface area contributed by atoms with E-state index in [4.69, 9.17) is 4.74 Å². The molecule has 0 saturated carbocycles. The van der Waals surface area contributed by atoms with Crippen molar-refractivity contribution < 1.29 is 13.9 Å². The third kappa shape index (κ3) is 4.93. The van der Waals surface area contributed by atoms with Gasteiger partial charge in [0.2, 0.25) is 0 Å². The molecule has 0 amide bonds. The van der Waals surface area contributed by atoms with Crippen LogP contribution in [0.25, 0.3) is 0 Å². The molecule has 1 atom stereocenters. The van der Waals surface area contributed by atoms with Crippen LogP contribution in [0.15, 0.2) is 24.3 Å². The number of carbonyl (C=O) groups excluding carboxylic acids is 1. The highest BCUT2D eigenvalue weighted by Crippen LogP contribution is 2.19. The molecule has 1 unspecified atom stereocenters. The van der Waals surface area contributed by atoms with Crippen LogP contribution < -0.4 is 4.90 Å². The van der Waals surface area contributed by atoms with Crippen molar-refractivity contribution >= 4 is 11.7 Å². The number of anilines is 1. The van der Waals surface area contributed by atoms with Gasteiger partial charge in [-0.2, -0.15) is 0 Å². The van der Waals surface area contributed by atoms with Crippen LogP contribution in [-0.4, -0.2) is 50.2 Å². The summed E-state index contributed by atoms with van der Waals surface area (Å²) in [6, 6.07) is 6.49. The summed E-state index contributed by atoms with van der Waals surface area (Å²) in [6.07, 6.45) is 3.93. The molecule has 1 aromatic carbocycles. The minimum atomic E-state index is -0.212. The van der Waals surface area contributed by atoms with E-state index in [9.17, 15) is 9.18 Å². The van der Waals surface area contributed by atoms with Crippen LogP contribution in [0, 0.1) is 5.82 Å². The molecule has 0 radical (unpaired) electrons. The molecule has 128 valence electrons. The molecule has 1 aliphatic rings. The van der Waals surface area contributed by atoms with E-state index in [2.05, 4.69) is 16.7 Å². The van der Waals surface area contributed by atoms with E-state index in [1.807, 2.05) is 12.1 Å². The maximum atomic E-state index is 13.1. The monoisotopic (exact) mass is 322 g/mol. The molecule has 1 aromatic rings. The third-order valence-electron chi connectivity index (χ3n) is 4.47. The number of carbonyl (C=O) groups is 1. The number of methoxy groups -OCH3 is 1. The van der Waals surface area contributed by atoms with Crippen molar-refractivity contribution in [1.82, 2.24) is 4.90 Å². The van der Waals surface area contributed by atoms with Crippen LogP contribution in [0.4, 0.5) is 10.1 Å². The second-order valence-electron chi connectivity index (χ2n) is 6.03.